The van der Waals surface area contributed by atoms with Crippen molar-refractivity contribution in [2.75, 3.05) is 34.4 Å². The van der Waals surface area contributed by atoms with Crippen molar-refractivity contribution in [3.63, 3.8) is 0 Å². The smallest absolute Gasteiger partial charge is 0.124 e. The first-order valence-corrected chi connectivity index (χ1v) is 7.75. The van der Waals surface area contributed by atoms with Gasteiger partial charge in [0.25, 0.3) is 0 Å². The molecule has 0 saturated carbocycles. The first kappa shape index (κ1) is 16.3. The third kappa shape index (κ3) is 4.19. The van der Waals surface area contributed by atoms with Crippen molar-refractivity contribution in [1.29, 1.82) is 0 Å². The summed E-state index contributed by atoms with van der Waals surface area (Å²) >= 11 is 0. The number of nitrogens with zero attached hydrogens (tertiary/aromatic N) is 1. The topological polar surface area (TPSA) is 33.7 Å². The normalized spacial score (nSPS) is 20.7. The molecule has 0 amide bonds. The van der Waals surface area contributed by atoms with Crippen molar-refractivity contribution in [1.82, 2.24) is 10.2 Å². The average molecular weight is 292 g/mol. The summed E-state index contributed by atoms with van der Waals surface area (Å²) in [6.07, 6.45) is 2.62. The number of nitrogens with one attached hydrogen (secondary N) is 1. The molecule has 1 fully saturated rings. The second-order valence-electron chi connectivity index (χ2n) is 5.91. The van der Waals surface area contributed by atoms with Crippen molar-refractivity contribution < 1.29 is 9.47 Å². The van der Waals surface area contributed by atoms with Crippen LogP contribution in [0.1, 0.15) is 36.9 Å². The first-order chi connectivity index (χ1) is 10.2. The van der Waals surface area contributed by atoms with Crippen LogP contribution in [0.15, 0.2) is 18.2 Å². The quantitative estimate of drug-likeness (QED) is 0.837. The number of methoxy groups -OCH3 is 2. The zero-order valence-corrected chi connectivity index (χ0v) is 13.7. The van der Waals surface area contributed by atoms with E-state index in [1.165, 1.54) is 24.9 Å². The minimum Gasteiger partial charge on any atom is -0.496 e. The van der Waals surface area contributed by atoms with Crippen LogP contribution in [0.2, 0.25) is 0 Å². The van der Waals surface area contributed by atoms with E-state index in [1.54, 1.807) is 14.2 Å². The number of likely N-dealkylation sites (N-methyl/N-ethyl adjacent to an activating group) is 1. The van der Waals surface area contributed by atoms with Crippen LogP contribution in [-0.4, -0.2) is 45.3 Å². The molecule has 1 aliphatic heterocycles. The number of ether oxygens (including phenoxy) is 2. The molecular weight excluding hydrogens is 264 g/mol. The lowest BCUT2D eigenvalue weighted by Gasteiger charge is -2.23. The molecule has 1 N–H and O–H groups in total. The van der Waals surface area contributed by atoms with Crippen LogP contribution < -0.4 is 10.1 Å². The Labute approximate surface area is 128 Å². The van der Waals surface area contributed by atoms with Gasteiger partial charge in [0.15, 0.2) is 0 Å². The number of hydrogen-bond donors (Lipinski definition) is 1. The van der Waals surface area contributed by atoms with E-state index in [0.717, 1.165) is 17.9 Å². The second kappa shape index (κ2) is 7.78. The Hall–Kier alpha value is -1.10. The van der Waals surface area contributed by atoms with Crippen LogP contribution in [0.5, 0.6) is 5.75 Å². The third-order valence-electron chi connectivity index (χ3n) is 4.44. The molecule has 2 atom stereocenters. The van der Waals surface area contributed by atoms with Gasteiger partial charge < -0.3 is 19.7 Å². The predicted molar refractivity (Wildman–Crippen MR) is 85.8 cm³/mol. The maximum absolute atomic E-state index is 5.38. The summed E-state index contributed by atoms with van der Waals surface area (Å²) in [6.45, 7) is 5.06. The molecule has 4 nitrogen and oxygen atoms in total. The molecule has 0 bridgehead atoms. The van der Waals surface area contributed by atoms with Gasteiger partial charge in [-0.3, -0.25) is 0 Å². The van der Waals surface area contributed by atoms with E-state index in [4.69, 9.17) is 9.47 Å². The Morgan fingerprint density at radius 1 is 1.38 bits per heavy atom. The van der Waals surface area contributed by atoms with Crippen LogP contribution in [0, 0.1) is 0 Å². The van der Waals surface area contributed by atoms with Gasteiger partial charge in [-0.15, -0.1) is 0 Å². The van der Waals surface area contributed by atoms with Crippen LogP contribution >= 0.6 is 0 Å². The van der Waals surface area contributed by atoms with Crippen molar-refractivity contribution in [2.45, 2.75) is 38.5 Å². The molecule has 118 valence electrons. The molecule has 1 aliphatic rings. The molecule has 1 saturated heterocycles. The molecule has 1 aromatic rings. The predicted octanol–water partition coefficient (Wildman–Crippen LogP) is 2.59. The Balaban J connectivity index is 1.97. The first-order valence-electron chi connectivity index (χ1n) is 7.75. The maximum Gasteiger partial charge on any atom is 0.124 e. The molecule has 0 spiro atoms. The summed E-state index contributed by atoms with van der Waals surface area (Å²) in [6, 6.07) is 7.35. The van der Waals surface area contributed by atoms with Crippen LogP contribution in [0.25, 0.3) is 0 Å². The zero-order chi connectivity index (χ0) is 15.2. The number of benzene rings is 1. The highest BCUT2D eigenvalue weighted by atomic mass is 16.5. The third-order valence-corrected chi connectivity index (χ3v) is 4.44. The molecule has 1 aromatic carbocycles. The Morgan fingerprint density at radius 3 is 2.81 bits per heavy atom. The van der Waals surface area contributed by atoms with Gasteiger partial charge in [0.1, 0.15) is 5.75 Å². The molecule has 4 heteroatoms. The number of hydrogen-bond acceptors (Lipinski definition) is 4. The average Bonchev–Trinajstić information content (AvgIpc) is 2.90. The Kier molecular flexibility index (Phi) is 6.03. The highest BCUT2D eigenvalue weighted by molar-refractivity contribution is 5.38. The van der Waals surface area contributed by atoms with E-state index in [0.29, 0.717) is 18.7 Å². The van der Waals surface area contributed by atoms with Gasteiger partial charge in [0.2, 0.25) is 0 Å². The van der Waals surface area contributed by atoms with Gasteiger partial charge in [0.05, 0.1) is 13.7 Å². The summed E-state index contributed by atoms with van der Waals surface area (Å²) in [7, 11) is 5.63. The molecular formula is C17H28N2O2. The summed E-state index contributed by atoms with van der Waals surface area (Å²) in [5.41, 5.74) is 2.38. The largest absolute Gasteiger partial charge is 0.496 e. The van der Waals surface area contributed by atoms with Crippen molar-refractivity contribution in [2.24, 2.45) is 0 Å². The minimum atomic E-state index is 0.334. The van der Waals surface area contributed by atoms with Gasteiger partial charge in [0, 0.05) is 31.3 Å². The lowest BCUT2D eigenvalue weighted by atomic mass is 10.0. The zero-order valence-electron chi connectivity index (χ0n) is 13.7. The number of rotatable bonds is 7. The Bertz CT molecular complexity index is 450. The van der Waals surface area contributed by atoms with Gasteiger partial charge in [-0.05, 0) is 51.1 Å². The molecule has 0 aliphatic carbocycles. The molecule has 21 heavy (non-hydrogen) atoms. The van der Waals surface area contributed by atoms with E-state index in [-0.39, 0.29) is 0 Å². The number of likely N-dealkylation sites (tertiary alicyclic amines) is 1. The molecule has 0 radical (unpaired) electrons. The summed E-state index contributed by atoms with van der Waals surface area (Å²) in [4.78, 5) is 2.45. The molecule has 2 unspecified atom stereocenters. The van der Waals surface area contributed by atoms with Crippen LogP contribution in [-0.2, 0) is 11.3 Å². The second-order valence-corrected chi connectivity index (χ2v) is 5.91. The molecule has 2 rings (SSSR count). The van der Waals surface area contributed by atoms with Crippen LogP contribution in [0.3, 0.4) is 0 Å². The van der Waals surface area contributed by atoms with Crippen molar-refractivity contribution in [3.8, 4) is 5.75 Å². The fourth-order valence-electron chi connectivity index (χ4n) is 3.00. The lowest BCUT2D eigenvalue weighted by Crippen LogP contribution is -2.36. The summed E-state index contributed by atoms with van der Waals surface area (Å²) < 4.78 is 10.6. The molecule has 0 aromatic heterocycles. The van der Waals surface area contributed by atoms with Crippen LogP contribution in [0.4, 0.5) is 0 Å². The van der Waals surface area contributed by atoms with E-state index in [9.17, 15) is 0 Å². The standard InChI is InChI=1S/C17H28N2O2/c1-13(18-11-16-6-5-9-19(16)2)14-7-8-17(21-4)15(10-14)12-20-3/h7-8,10,13,16,18H,5-6,9,11-12H2,1-4H3. The van der Waals surface area contributed by atoms with Gasteiger partial charge in [-0.2, -0.15) is 0 Å². The van der Waals surface area contributed by atoms with Gasteiger partial charge in [-0.25, -0.2) is 0 Å². The minimum absolute atomic E-state index is 0.334. The SMILES string of the molecule is COCc1cc(C(C)NCC2CCCN2C)ccc1OC. The maximum atomic E-state index is 5.38. The van der Waals surface area contributed by atoms with E-state index >= 15 is 0 Å². The highest BCUT2D eigenvalue weighted by Crippen LogP contribution is 2.24. The van der Waals surface area contributed by atoms with E-state index in [2.05, 4.69) is 36.3 Å². The highest BCUT2D eigenvalue weighted by Gasteiger charge is 2.21. The van der Waals surface area contributed by atoms with Gasteiger partial charge in [-0.1, -0.05) is 6.07 Å². The Morgan fingerprint density at radius 2 is 2.19 bits per heavy atom. The summed E-state index contributed by atoms with van der Waals surface area (Å²) in [5, 5.41) is 3.65. The molecule has 1 heterocycles. The summed E-state index contributed by atoms with van der Waals surface area (Å²) in [5.74, 6) is 0.892. The fraction of sp³-hybridized carbons (Fsp3) is 0.647. The lowest BCUT2D eigenvalue weighted by molar-refractivity contribution is 0.181. The van der Waals surface area contributed by atoms with Crippen molar-refractivity contribution in [3.05, 3.63) is 29.3 Å². The van der Waals surface area contributed by atoms with E-state index in [1.807, 2.05) is 6.07 Å². The van der Waals surface area contributed by atoms with Gasteiger partial charge >= 0.3 is 0 Å². The fourth-order valence-corrected chi connectivity index (χ4v) is 3.00. The van der Waals surface area contributed by atoms with E-state index < -0.39 is 0 Å². The van der Waals surface area contributed by atoms with Crippen molar-refractivity contribution >= 4 is 0 Å². The monoisotopic (exact) mass is 292 g/mol.